The number of nitrogens with zero attached hydrogens (tertiary/aromatic N) is 2. The SMILES string of the molecule is CO[C@H]1C[C@H](C)Cc2c(O)c(cc(O)c2CCC2CC2)NC(=O)/C(C)=C/C=C\[C@H](C)[C@@H](OC(C)=O)/C(C)=C/[C@H](C)[C@H]1O.CO[C@H]1C[C@H](C)Cc2c(O)c(cc(O)c2CCCN(C)C)NC(=O)/C(C)=C/C=C\[C@H](C)[C@@H](OC(C)=O)/C(C)=C/[C@H](C)[C@H]1O.CO[C@H]1C[C@H](C)Cc2c(O)c(cc(O)c2CCCN2CC2)NC(=O)/C(C)=C/C=C\[C@H](C)[C@@H](OC(C)=O)/C(C)=C/[C@H](C)[C@H]1O. The number of hydrogen-bond donors (Lipinski definition) is 12. The van der Waals surface area contributed by atoms with Crippen molar-refractivity contribution >= 4 is 52.7 Å². The van der Waals surface area contributed by atoms with Crippen LogP contribution in [0.2, 0.25) is 0 Å². The van der Waals surface area contributed by atoms with Crippen molar-refractivity contribution in [2.45, 2.75) is 269 Å². The molecule has 8 rings (SSSR count). The second-order valence-corrected chi connectivity index (χ2v) is 37.1. The third-order valence-corrected chi connectivity index (χ3v) is 25.0. The Labute approximate surface area is 760 Å². The van der Waals surface area contributed by atoms with Gasteiger partial charge in [0.1, 0.15) is 52.8 Å². The highest BCUT2D eigenvalue weighted by Crippen LogP contribution is 2.45. The summed E-state index contributed by atoms with van der Waals surface area (Å²) >= 11 is 0. The Morgan fingerprint density at radius 3 is 0.992 bits per heavy atom. The number of carbonyl (C=O) groups is 6. The number of allylic oxidation sites excluding steroid dienone is 6. The fourth-order valence-electron chi connectivity index (χ4n) is 17.3. The Morgan fingerprint density at radius 1 is 0.438 bits per heavy atom. The number of fused-ring (bicyclic) bond motifs is 6. The summed E-state index contributed by atoms with van der Waals surface area (Å²) in [7, 11) is 8.67. The van der Waals surface area contributed by atoms with E-state index in [9.17, 15) is 74.7 Å². The molecule has 1 aliphatic carbocycles. The van der Waals surface area contributed by atoms with Crippen LogP contribution in [-0.2, 0) is 95.7 Å². The van der Waals surface area contributed by atoms with Crippen LogP contribution >= 0.6 is 0 Å². The molecule has 710 valence electrons. The quantitative estimate of drug-likeness (QED) is 0.0149. The first kappa shape index (κ1) is 107. The Kier molecular flexibility index (Phi) is 43.0. The first-order valence-electron chi connectivity index (χ1n) is 45.5. The lowest BCUT2D eigenvalue weighted by Crippen LogP contribution is -2.35. The summed E-state index contributed by atoms with van der Waals surface area (Å²) in [5, 5.41) is 110. The molecule has 4 aliphatic heterocycles. The van der Waals surface area contributed by atoms with Gasteiger partial charge in [-0.1, -0.05) is 148 Å². The molecule has 1 saturated carbocycles. The van der Waals surface area contributed by atoms with Gasteiger partial charge in [-0.2, -0.15) is 0 Å². The monoisotopic (exact) mass is 1780 g/mol. The molecule has 12 N–H and O–H groups in total. The topological polar surface area (TPSA) is 382 Å². The second-order valence-electron chi connectivity index (χ2n) is 37.1. The number of amides is 3. The Hall–Kier alpha value is -9.38. The van der Waals surface area contributed by atoms with Crippen molar-refractivity contribution in [3.8, 4) is 34.5 Å². The predicted molar refractivity (Wildman–Crippen MR) is 502 cm³/mol. The van der Waals surface area contributed by atoms with Crippen LogP contribution in [0.5, 0.6) is 34.5 Å². The maximum atomic E-state index is 13.1. The van der Waals surface area contributed by atoms with E-state index in [1.165, 1.54) is 51.8 Å². The molecule has 128 heavy (non-hydrogen) atoms. The van der Waals surface area contributed by atoms with E-state index in [0.717, 1.165) is 62.2 Å². The molecule has 1 saturated heterocycles. The number of phenolic OH excluding ortho intramolecular Hbond substituents is 6. The van der Waals surface area contributed by atoms with Crippen molar-refractivity contribution < 1.29 is 103 Å². The third kappa shape index (κ3) is 32.9. The molecule has 18 atom stereocenters. The zero-order chi connectivity index (χ0) is 95.4. The summed E-state index contributed by atoms with van der Waals surface area (Å²) < 4.78 is 34.2. The standard InChI is InChI=1S/C34H50N2O7.C34H52N2O7.C34H49NO7/c1-20-16-27-26(12-9-13-36-14-15-36)29(38)19-28(32(27)40)35-34(41)22(3)11-8-10-21(2)33(43-25(6)37)24(5)18-23(4)31(39)30(17-20)42-7;1-20-16-27-26(14-11-15-36(7)8)29(38)19-28(32(27)40)35-34(41)22(3)13-10-12-21(2)33(43-25(6)37)24(5)18-23(4)31(39)30(17-20)42-9;1-19-15-27-26(14-13-25-11-12-25)29(37)18-28(32(27)39)35-34(40)21(3)10-8-9-20(2)33(42-24(6)36)23(5)17-22(4)31(38)30(16-19)41-7/h8,10-11,18-21,23,30-31,33,38-40H,9,12-17H2,1-7H3,(H,35,41);10,12-13,18-21,23,30-31,33,38-40H,11,14-17H2,1-9H3,(H,35,41);8-10,17-20,22,25,30-31,33,37-39H,11-16H2,1-7H3,(H,35,40)/b10-8-,22-11+,24-18+;12-10-,22-13+,24-18+;9-8-,21-10+,23-17+/t2*20-,21+,23+,30+,31-,33-;19-,20+,22+,30+,31-,33-/m111/s1. The summed E-state index contributed by atoms with van der Waals surface area (Å²) in [6, 6.07) is 4.25. The fourth-order valence-corrected chi connectivity index (χ4v) is 17.3. The van der Waals surface area contributed by atoms with E-state index in [0.29, 0.717) is 114 Å². The molecular formula is C102H151N5O21. The molecule has 6 bridgehead atoms. The number of ether oxygens (including phenoxy) is 6. The van der Waals surface area contributed by atoms with Crippen molar-refractivity contribution in [3.05, 3.63) is 158 Å². The molecule has 3 aromatic rings. The van der Waals surface area contributed by atoms with Gasteiger partial charge in [-0.05, 0) is 186 Å². The molecule has 0 radical (unpaired) electrons. The number of phenols is 6. The first-order valence-corrected chi connectivity index (χ1v) is 45.5. The van der Waals surface area contributed by atoms with Crippen molar-refractivity contribution in [3.63, 3.8) is 0 Å². The summed E-state index contributed by atoms with van der Waals surface area (Å²) in [6.07, 6.45) is 25.2. The first-order chi connectivity index (χ1) is 60.3. The van der Waals surface area contributed by atoms with Gasteiger partial charge < -0.3 is 100 Å². The van der Waals surface area contributed by atoms with E-state index in [-0.39, 0.29) is 105 Å². The van der Waals surface area contributed by atoms with Crippen molar-refractivity contribution in [2.24, 2.45) is 59.2 Å². The summed E-state index contributed by atoms with van der Waals surface area (Å²) in [5.41, 5.74) is 7.87. The molecular weight excluding hydrogens is 1630 g/mol. The molecule has 3 amide bonds. The molecule has 2 fully saturated rings. The van der Waals surface area contributed by atoms with E-state index < -0.39 is 90.6 Å². The highest BCUT2D eigenvalue weighted by molar-refractivity contribution is 6.06. The molecule has 0 unspecified atom stereocenters. The minimum atomic E-state index is -0.842. The number of hydrogen-bond acceptors (Lipinski definition) is 23. The van der Waals surface area contributed by atoms with Crippen LogP contribution in [0, 0.1) is 59.2 Å². The Balaban J connectivity index is 0.000000296. The minimum absolute atomic E-state index is 0.0179. The van der Waals surface area contributed by atoms with Crippen LogP contribution in [0.25, 0.3) is 0 Å². The van der Waals surface area contributed by atoms with Crippen LogP contribution in [0.1, 0.15) is 209 Å². The van der Waals surface area contributed by atoms with E-state index in [2.05, 4.69) is 25.8 Å². The normalized spacial score (nSPS) is 30.4. The Morgan fingerprint density at radius 2 is 0.727 bits per heavy atom. The molecule has 4 heterocycles. The highest BCUT2D eigenvalue weighted by Gasteiger charge is 2.36. The van der Waals surface area contributed by atoms with Crippen molar-refractivity contribution in [1.29, 1.82) is 0 Å². The number of aliphatic hydroxyl groups is 3. The molecule has 26 nitrogen and oxygen atoms in total. The number of anilines is 3. The predicted octanol–water partition coefficient (Wildman–Crippen LogP) is 16.0. The van der Waals surface area contributed by atoms with Gasteiger partial charge >= 0.3 is 17.9 Å². The Bertz CT molecular complexity index is 4360. The average Bonchev–Trinajstić information content (AvgIpc) is 1.30. The highest BCUT2D eigenvalue weighted by atomic mass is 16.6. The average molecular weight is 1780 g/mol. The smallest absolute Gasteiger partial charge is 0.303 e. The number of benzene rings is 3. The second kappa shape index (κ2) is 51.3. The van der Waals surface area contributed by atoms with E-state index in [1.807, 2.05) is 134 Å². The van der Waals surface area contributed by atoms with Gasteiger partial charge in [-0.25, -0.2) is 0 Å². The summed E-state index contributed by atoms with van der Waals surface area (Å²) in [5.74, 6) is -3.56. The van der Waals surface area contributed by atoms with Gasteiger partial charge in [0.2, 0.25) is 0 Å². The minimum Gasteiger partial charge on any atom is -0.508 e. The van der Waals surface area contributed by atoms with Crippen molar-refractivity contribution in [2.75, 3.05) is 77.6 Å². The van der Waals surface area contributed by atoms with Crippen LogP contribution in [0.15, 0.2) is 125 Å². The van der Waals surface area contributed by atoms with Gasteiger partial charge in [-0.3, -0.25) is 28.8 Å². The van der Waals surface area contributed by atoms with Gasteiger partial charge in [0.25, 0.3) is 17.7 Å². The largest absolute Gasteiger partial charge is 0.508 e. The maximum Gasteiger partial charge on any atom is 0.303 e. The number of esters is 3. The lowest BCUT2D eigenvalue weighted by atomic mass is 9.86. The van der Waals surface area contributed by atoms with E-state index in [4.69, 9.17) is 28.4 Å². The molecule has 26 heteroatoms. The van der Waals surface area contributed by atoms with Crippen LogP contribution in [0.4, 0.5) is 17.1 Å². The third-order valence-electron chi connectivity index (χ3n) is 25.0. The maximum absolute atomic E-state index is 13.1. The fraction of sp³-hybridized carbons (Fsp3) is 0.588. The molecule has 3 aromatic carbocycles. The number of nitrogens with one attached hydrogen (secondary N) is 3. The van der Waals surface area contributed by atoms with Crippen LogP contribution in [0.3, 0.4) is 0 Å². The zero-order valence-corrected chi connectivity index (χ0v) is 80.2. The van der Waals surface area contributed by atoms with E-state index in [1.54, 1.807) is 78.6 Å². The molecule has 5 aliphatic rings. The lowest BCUT2D eigenvalue weighted by Gasteiger charge is -2.29. The van der Waals surface area contributed by atoms with Gasteiger partial charge in [0.15, 0.2) is 0 Å². The number of methoxy groups -OCH3 is 3. The van der Waals surface area contributed by atoms with Crippen LogP contribution in [-0.4, -0.2) is 208 Å². The van der Waals surface area contributed by atoms with Gasteiger partial charge in [0.05, 0.1) is 53.7 Å². The summed E-state index contributed by atoms with van der Waals surface area (Å²) in [4.78, 5) is 79.4. The van der Waals surface area contributed by atoms with Crippen LogP contribution < -0.4 is 16.0 Å². The number of aliphatic hydroxyl groups excluding tert-OH is 3. The zero-order valence-electron chi connectivity index (χ0n) is 80.2. The number of rotatable bonds is 17. The lowest BCUT2D eigenvalue weighted by molar-refractivity contribution is -0.146. The molecule has 0 spiro atoms. The summed E-state index contributed by atoms with van der Waals surface area (Å²) in [6.45, 7) is 36.2. The van der Waals surface area contributed by atoms with Gasteiger partial charge in [0, 0.05) is 159 Å². The van der Waals surface area contributed by atoms with E-state index >= 15 is 0 Å². The number of carbonyl (C=O) groups excluding carboxylic acids is 6. The van der Waals surface area contributed by atoms with Crippen molar-refractivity contribution in [1.82, 2.24) is 9.80 Å². The van der Waals surface area contributed by atoms with Gasteiger partial charge in [-0.15, -0.1) is 0 Å². The number of aromatic hydroxyl groups is 6. The molecule has 0 aromatic heterocycles.